The molecule has 4 rings (SSSR count). The fourth-order valence-corrected chi connectivity index (χ4v) is 5.84. The minimum Gasteiger partial charge on any atom is -0.474 e. The molecule has 2 aromatic heterocycles. The van der Waals surface area contributed by atoms with Crippen LogP contribution in [-0.4, -0.2) is 58.5 Å². The van der Waals surface area contributed by atoms with Crippen molar-refractivity contribution in [2.75, 3.05) is 14.1 Å². The van der Waals surface area contributed by atoms with Crippen molar-refractivity contribution in [2.24, 2.45) is 0 Å². The number of aliphatic hydroxyl groups excluding tert-OH is 1. The van der Waals surface area contributed by atoms with Crippen molar-refractivity contribution in [3.63, 3.8) is 0 Å². The van der Waals surface area contributed by atoms with Gasteiger partial charge in [-0.05, 0) is 70.5 Å². The molecule has 1 N–H and O–H groups in total. The molecule has 2 unspecified atom stereocenters. The lowest BCUT2D eigenvalue weighted by molar-refractivity contribution is -0.206. The van der Waals surface area contributed by atoms with Gasteiger partial charge in [-0.2, -0.15) is 13.2 Å². The van der Waals surface area contributed by atoms with Crippen LogP contribution in [0.3, 0.4) is 0 Å². The number of ether oxygens (including phenoxy) is 1. The minimum absolute atomic E-state index is 0.0560. The van der Waals surface area contributed by atoms with Crippen LogP contribution in [-0.2, 0) is 6.42 Å². The Balaban J connectivity index is 1.57. The zero-order valence-corrected chi connectivity index (χ0v) is 17.4. The summed E-state index contributed by atoms with van der Waals surface area (Å²) in [7, 11) is 4.17. The van der Waals surface area contributed by atoms with E-state index in [-0.39, 0.29) is 18.4 Å². The van der Waals surface area contributed by atoms with Crippen LogP contribution in [0.2, 0.25) is 0 Å². The van der Waals surface area contributed by atoms with E-state index in [9.17, 15) is 18.3 Å². The van der Waals surface area contributed by atoms with Gasteiger partial charge in [-0.15, -0.1) is 11.3 Å². The number of hydrogen-bond acceptors (Lipinski definition) is 6. The van der Waals surface area contributed by atoms with Crippen molar-refractivity contribution < 1.29 is 23.0 Å². The Bertz CT molecular complexity index is 863. The third-order valence-corrected chi connectivity index (χ3v) is 7.41. The number of aromatic nitrogens is 2. The molecule has 1 fully saturated rings. The number of aliphatic hydroxyl groups is 1. The molecule has 0 spiro atoms. The van der Waals surface area contributed by atoms with Crippen molar-refractivity contribution in [2.45, 2.75) is 75.3 Å². The van der Waals surface area contributed by atoms with Gasteiger partial charge < -0.3 is 14.7 Å². The van der Waals surface area contributed by atoms with E-state index in [1.165, 1.54) is 17.7 Å². The third-order valence-electron chi connectivity index (χ3n) is 6.23. The fraction of sp³-hybridized carbons (Fsp3) is 0.700. The predicted molar refractivity (Wildman–Crippen MR) is 106 cm³/mol. The van der Waals surface area contributed by atoms with E-state index >= 15 is 0 Å². The van der Waals surface area contributed by atoms with Crippen LogP contribution in [0.5, 0.6) is 5.88 Å². The summed E-state index contributed by atoms with van der Waals surface area (Å²) in [5, 5.41) is 10.3. The highest BCUT2D eigenvalue weighted by atomic mass is 32.1. The van der Waals surface area contributed by atoms with Crippen molar-refractivity contribution >= 4 is 21.6 Å². The van der Waals surface area contributed by atoms with E-state index in [1.54, 1.807) is 0 Å². The highest BCUT2D eigenvalue weighted by molar-refractivity contribution is 7.19. The lowest BCUT2D eigenvalue weighted by Crippen LogP contribution is -2.35. The van der Waals surface area contributed by atoms with Crippen LogP contribution in [0, 0.1) is 0 Å². The number of aryl methyl sites for hydroxylation is 1. The number of nitrogens with zero attached hydrogens (tertiary/aromatic N) is 3. The quantitative estimate of drug-likeness (QED) is 0.769. The van der Waals surface area contributed by atoms with Gasteiger partial charge >= 0.3 is 6.18 Å². The molecule has 5 nitrogen and oxygen atoms in total. The van der Waals surface area contributed by atoms with Crippen molar-refractivity contribution in [3.05, 3.63) is 16.8 Å². The molecule has 0 radical (unpaired) electrons. The molecule has 2 aromatic rings. The maximum absolute atomic E-state index is 12.9. The van der Waals surface area contributed by atoms with Gasteiger partial charge in [0.1, 0.15) is 23.4 Å². The second kappa shape index (κ2) is 8.00. The van der Waals surface area contributed by atoms with Gasteiger partial charge in [-0.3, -0.25) is 0 Å². The third kappa shape index (κ3) is 4.22. The molecule has 1 saturated carbocycles. The molecule has 2 aliphatic carbocycles. The molecular formula is C20H26F3N3O2S. The highest BCUT2D eigenvalue weighted by Gasteiger charge is 2.42. The molecule has 0 bridgehead atoms. The summed E-state index contributed by atoms with van der Waals surface area (Å²) in [6.07, 6.45) is -0.459. The van der Waals surface area contributed by atoms with Crippen LogP contribution in [0.1, 0.15) is 54.9 Å². The Morgan fingerprint density at radius 1 is 1.21 bits per heavy atom. The Kier molecular flexibility index (Phi) is 5.74. The van der Waals surface area contributed by atoms with E-state index in [1.807, 2.05) is 0 Å². The van der Waals surface area contributed by atoms with Gasteiger partial charge in [0.15, 0.2) is 0 Å². The van der Waals surface area contributed by atoms with Crippen LogP contribution >= 0.6 is 11.3 Å². The minimum atomic E-state index is -4.60. The summed E-state index contributed by atoms with van der Waals surface area (Å²) in [4.78, 5) is 12.7. The second-order valence-electron chi connectivity index (χ2n) is 8.34. The van der Waals surface area contributed by atoms with Crippen LogP contribution in [0.15, 0.2) is 6.33 Å². The fourth-order valence-electron chi connectivity index (χ4n) is 4.61. The standard InChI is InChI=1S/C20H26F3N3O2S/c1-26(2)12-4-6-13(7-5-12)28-18-17-16-11(9-15(27)20(21,22)23)3-8-14(16)29-19(17)25-10-24-18/h10-13,15,27H,3-9H2,1-2H3. The average molecular weight is 430 g/mol. The van der Waals surface area contributed by atoms with E-state index in [2.05, 4.69) is 29.0 Å². The molecule has 2 heterocycles. The Morgan fingerprint density at radius 3 is 2.59 bits per heavy atom. The summed E-state index contributed by atoms with van der Waals surface area (Å²) in [6, 6.07) is 0.555. The molecule has 2 aliphatic rings. The molecule has 160 valence electrons. The molecular weight excluding hydrogens is 403 g/mol. The van der Waals surface area contributed by atoms with Crippen LogP contribution < -0.4 is 4.74 Å². The van der Waals surface area contributed by atoms with E-state index in [0.717, 1.165) is 46.3 Å². The largest absolute Gasteiger partial charge is 0.474 e. The van der Waals surface area contributed by atoms with E-state index in [4.69, 9.17) is 4.74 Å². The maximum atomic E-state index is 12.9. The Morgan fingerprint density at radius 2 is 1.93 bits per heavy atom. The first kappa shape index (κ1) is 20.8. The van der Waals surface area contributed by atoms with Gasteiger partial charge in [0.05, 0.1) is 5.39 Å². The summed E-state index contributed by atoms with van der Waals surface area (Å²) in [5.74, 6) is 0.127. The zero-order valence-electron chi connectivity index (χ0n) is 16.6. The van der Waals surface area contributed by atoms with Crippen molar-refractivity contribution in [3.8, 4) is 5.88 Å². The van der Waals surface area contributed by atoms with E-state index < -0.39 is 12.3 Å². The summed E-state index contributed by atoms with van der Waals surface area (Å²) < 4.78 is 44.9. The zero-order chi connectivity index (χ0) is 20.8. The molecule has 0 aromatic carbocycles. The number of hydrogen-bond donors (Lipinski definition) is 1. The average Bonchev–Trinajstić information content (AvgIpc) is 3.21. The van der Waals surface area contributed by atoms with Gasteiger partial charge in [-0.1, -0.05) is 0 Å². The molecule has 29 heavy (non-hydrogen) atoms. The first-order valence-corrected chi connectivity index (χ1v) is 10.9. The monoisotopic (exact) mass is 429 g/mol. The number of fused-ring (bicyclic) bond motifs is 3. The molecule has 0 amide bonds. The maximum Gasteiger partial charge on any atom is 0.414 e. The molecule has 2 atom stereocenters. The van der Waals surface area contributed by atoms with Gasteiger partial charge in [0, 0.05) is 10.9 Å². The first-order chi connectivity index (χ1) is 13.7. The Labute approximate surface area is 171 Å². The lowest BCUT2D eigenvalue weighted by atomic mass is 9.92. The lowest BCUT2D eigenvalue weighted by Gasteiger charge is -2.32. The summed E-state index contributed by atoms with van der Waals surface area (Å²) >= 11 is 1.50. The van der Waals surface area contributed by atoms with Gasteiger partial charge in [0.2, 0.25) is 5.88 Å². The summed E-state index contributed by atoms with van der Waals surface area (Å²) in [5.41, 5.74) is 0.853. The van der Waals surface area contributed by atoms with Crippen LogP contribution in [0.4, 0.5) is 13.2 Å². The SMILES string of the molecule is CN(C)C1CCC(Oc2ncnc3sc4c(c23)C(CC(O)C(F)(F)F)CC4)CC1. The van der Waals surface area contributed by atoms with Gasteiger partial charge in [-0.25, -0.2) is 9.97 Å². The van der Waals surface area contributed by atoms with Crippen molar-refractivity contribution in [1.82, 2.24) is 14.9 Å². The normalized spacial score (nSPS) is 26.1. The van der Waals surface area contributed by atoms with Gasteiger partial charge in [0.25, 0.3) is 0 Å². The Hall–Kier alpha value is -1.45. The topological polar surface area (TPSA) is 58.5 Å². The second-order valence-corrected chi connectivity index (χ2v) is 9.42. The number of thiophene rings is 1. The highest BCUT2D eigenvalue weighted by Crippen LogP contribution is 2.48. The smallest absolute Gasteiger partial charge is 0.414 e. The van der Waals surface area contributed by atoms with Crippen LogP contribution in [0.25, 0.3) is 10.2 Å². The molecule has 9 heteroatoms. The number of rotatable bonds is 5. The number of alkyl halides is 3. The van der Waals surface area contributed by atoms with Crippen molar-refractivity contribution in [1.29, 1.82) is 0 Å². The molecule has 0 aliphatic heterocycles. The predicted octanol–water partition coefficient (Wildman–Crippen LogP) is 4.29. The first-order valence-electron chi connectivity index (χ1n) is 10.1. The van der Waals surface area contributed by atoms with E-state index in [0.29, 0.717) is 24.8 Å². The molecule has 0 saturated heterocycles. The number of halogens is 3. The summed E-state index contributed by atoms with van der Waals surface area (Å²) in [6.45, 7) is 0.